The fraction of sp³-hybridized carbons (Fsp3) is 0.500. The molecule has 0 spiro atoms. The quantitative estimate of drug-likeness (QED) is 0.310. The second-order valence-corrected chi connectivity index (χ2v) is 13.4. The molecule has 3 aromatic heterocycles. The van der Waals surface area contributed by atoms with Crippen molar-refractivity contribution in [3.05, 3.63) is 23.3 Å². The summed E-state index contributed by atoms with van der Waals surface area (Å²) < 4.78 is 0. The molecule has 0 aromatic carbocycles. The maximum atomic E-state index is 5.13. The van der Waals surface area contributed by atoms with Gasteiger partial charge in [0.05, 0.1) is 45.5 Å². The Bertz CT molecular complexity index is 1690. The van der Waals surface area contributed by atoms with E-state index >= 15 is 0 Å². The Kier molecular flexibility index (Phi) is 10.4. The molecule has 8 bridgehead atoms. The molecule has 0 amide bonds. The number of fused-ring (bicyclic) bond motifs is 8. The van der Waals surface area contributed by atoms with E-state index in [1.165, 1.54) is 0 Å². The van der Waals surface area contributed by atoms with Crippen LogP contribution in [0.4, 0.5) is 22.7 Å². The average Bonchev–Trinajstić information content (AvgIpc) is 3.69. The summed E-state index contributed by atoms with van der Waals surface area (Å²) in [5, 5.41) is 0. The van der Waals surface area contributed by atoms with Crippen molar-refractivity contribution < 1.29 is 19.5 Å². The summed E-state index contributed by atoms with van der Waals surface area (Å²) in [6, 6.07) is 0. The summed E-state index contributed by atoms with van der Waals surface area (Å²) in [5.74, 6) is 1.95. The fourth-order valence-electron chi connectivity index (χ4n) is 5.99. The first-order valence-electron chi connectivity index (χ1n) is 15.5. The van der Waals surface area contributed by atoms with Crippen LogP contribution in [0.3, 0.4) is 0 Å². The molecule has 0 aliphatic carbocycles. The molecule has 258 valence electrons. The monoisotopic (exact) mass is 720 g/mol. The standard InChI is InChI=1S/C32H48N16.Zn/c1-41(2)17-18(42(3)4)26-33-25(17)37-27-19(43(5)6)20(44(7)8)29(34-27)39-31-23(47(13)14)24(48(15)16)32(36-31)40-30-22(46(11)12)21(45(9)10)28(35-30)38-26;/h1-16H3;/q-2;+2. The van der Waals surface area contributed by atoms with Crippen molar-refractivity contribution in [2.24, 2.45) is 0 Å². The Morgan fingerprint density at radius 1 is 0.286 bits per heavy atom. The zero-order valence-corrected chi connectivity index (χ0v) is 34.8. The maximum Gasteiger partial charge on any atom is 2.00 e. The van der Waals surface area contributed by atoms with E-state index in [1.807, 2.05) is 152 Å². The molecule has 16 nitrogen and oxygen atoms in total. The molecule has 0 atom stereocenters. The second-order valence-electron chi connectivity index (χ2n) is 13.4. The van der Waals surface area contributed by atoms with Crippen molar-refractivity contribution in [1.29, 1.82) is 0 Å². The summed E-state index contributed by atoms with van der Waals surface area (Å²) in [4.78, 5) is 56.7. The average molecular weight is 722 g/mol. The number of rotatable bonds is 8. The van der Waals surface area contributed by atoms with Crippen molar-refractivity contribution in [3.8, 4) is 0 Å². The molecule has 0 N–H and O–H groups in total. The van der Waals surface area contributed by atoms with Gasteiger partial charge in [-0.15, -0.1) is 0 Å². The van der Waals surface area contributed by atoms with E-state index in [0.717, 1.165) is 45.5 Å². The number of hydrogen-bond acceptors (Lipinski definition) is 14. The van der Waals surface area contributed by atoms with E-state index in [1.54, 1.807) is 0 Å². The SMILES string of the molecule is CN(C)C1=C(N(C)C)c2nc1nc1[n-]c(nc3nc(nc4[n-]c(n2)c(N(C)C)c4N(C)C)C(N(C)C)=C3N(C)C)c(N(C)C)c1N(C)C.[Zn+2]. The Labute approximate surface area is 301 Å². The van der Waals surface area contributed by atoms with E-state index in [0.29, 0.717) is 45.9 Å². The fourth-order valence-corrected chi connectivity index (χ4v) is 5.99. The summed E-state index contributed by atoms with van der Waals surface area (Å²) in [6.07, 6.45) is 0. The van der Waals surface area contributed by atoms with Gasteiger partial charge in [-0.2, -0.15) is 0 Å². The molecule has 0 saturated heterocycles. The van der Waals surface area contributed by atoms with Crippen LogP contribution in [-0.2, 0) is 19.5 Å². The maximum absolute atomic E-state index is 5.13. The first-order valence-corrected chi connectivity index (χ1v) is 15.5. The van der Waals surface area contributed by atoms with Crippen LogP contribution in [0.15, 0.2) is 0 Å². The van der Waals surface area contributed by atoms with E-state index in [-0.39, 0.29) is 19.5 Å². The van der Waals surface area contributed by atoms with Gasteiger partial charge in [-0.05, 0) is 0 Å². The van der Waals surface area contributed by atoms with Gasteiger partial charge in [-0.25, -0.2) is 9.97 Å². The van der Waals surface area contributed by atoms with Crippen LogP contribution in [0.25, 0.3) is 45.4 Å². The number of anilines is 4. The summed E-state index contributed by atoms with van der Waals surface area (Å²) in [5.41, 5.74) is 8.42. The molecule has 5 heterocycles. The normalized spacial score (nSPS) is 12.6. The molecule has 3 aromatic rings. The van der Waals surface area contributed by atoms with Gasteiger partial charge < -0.3 is 69.1 Å². The Balaban J connectivity index is 0.00000541. The molecule has 0 fully saturated rings. The van der Waals surface area contributed by atoms with Gasteiger partial charge in [0, 0.05) is 135 Å². The van der Waals surface area contributed by atoms with Gasteiger partial charge in [0.15, 0.2) is 0 Å². The molecule has 0 unspecified atom stereocenters. The summed E-state index contributed by atoms with van der Waals surface area (Å²) >= 11 is 0. The summed E-state index contributed by atoms with van der Waals surface area (Å²) in [7, 11) is 31.6. The third-order valence-corrected chi connectivity index (χ3v) is 7.86. The molecule has 0 saturated carbocycles. The van der Waals surface area contributed by atoms with E-state index < -0.39 is 0 Å². The minimum atomic E-state index is 0. The first-order chi connectivity index (χ1) is 22.4. The van der Waals surface area contributed by atoms with E-state index in [4.69, 9.17) is 39.9 Å². The topological polar surface area (TPSA) is 131 Å². The molecule has 2 aliphatic heterocycles. The smallest absolute Gasteiger partial charge is 0.375 e. The van der Waals surface area contributed by atoms with Gasteiger partial charge in [0.2, 0.25) is 0 Å². The zero-order chi connectivity index (χ0) is 35.5. The largest absolute Gasteiger partial charge is 2.00 e. The van der Waals surface area contributed by atoms with Crippen LogP contribution in [-0.4, -0.2) is 162 Å². The Morgan fingerprint density at radius 3 is 0.612 bits per heavy atom. The molecule has 17 heteroatoms. The molecule has 49 heavy (non-hydrogen) atoms. The van der Waals surface area contributed by atoms with Crippen LogP contribution in [0, 0.1) is 0 Å². The number of nitrogens with zero attached hydrogens (tertiary/aromatic N) is 16. The predicted molar refractivity (Wildman–Crippen MR) is 196 cm³/mol. The van der Waals surface area contributed by atoms with Gasteiger partial charge in [0.25, 0.3) is 0 Å². The van der Waals surface area contributed by atoms with Crippen molar-refractivity contribution in [2.45, 2.75) is 0 Å². The third-order valence-electron chi connectivity index (χ3n) is 7.86. The first kappa shape index (κ1) is 37.2. The van der Waals surface area contributed by atoms with Crippen molar-refractivity contribution in [2.75, 3.05) is 132 Å². The van der Waals surface area contributed by atoms with Crippen LogP contribution in [0.5, 0.6) is 0 Å². The Hall–Kier alpha value is -4.66. The Morgan fingerprint density at radius 2 is 0.469 bits per heavy atom. The molecular formula is C32H48N16Zn. The van der Waals surface area contributed by atoms with Gasteiger partial charge >= 0.3 is 19.5 Å². The van der Waals surface area contributed by atoms with E-state index in [2.05, 4.69) is 0 Å². The van der Waals surface area contributed by atoms with Gasteiger partial charge in [-0.1, -0.05) is 0 Å². The van der Waals surface area contributed by atoms with Crippen LogP contribution in [0.2, 0.25) is 0 Å². The number of aromatic nitrogens is 8. The molecule has 2 aliphatic rings. The zero-order valence-electron chi connectivity index (χ0n) is 31.9. The minimum absolute atomic E-state index is 0. The molecule has 0 radical (unpaired) electrons. The van der Waals surface area contributed by atoms with Crippen molar-refractivity contribution in [1.82, 2.24) is 59.5 Å². The van der Waals surface area contributed by atoms with Gasteiger partial charge in [0.1, 0.15) is 23.3 Å². The second kappa shape index (κ2) is 13.7. The summed E-state index contributed by atoms with van der Waals surface area (Å²) in [6.45, 7) is 0. The molecular weight excluding hydrogens is 674 g/mol. The van der Waals surface area contributed by atoms with Crippen LogP contribution in [0.1, 0.15) is 23.3 Å². The predicted octanol–water partition coefficient (Wildman–Crippen LogP) is 1.31. The van der Waals surface area contributed by atoms with Crippen LogP contribution >= 0.6 is 0 Å². The molecule has 5 rings (SSSR count). The minimum Gasteiger partial charge on any atom is -0.375 e. The third kappa shape index (κ3) is 6.43. The van der Waals surface area contributed by atoms with Crippen molar-refractivity contribution >= 4 is 68.1 Å². The van der Waals surface area contributed by atoms with Crippen LogP contribution < -0.4 is 29.6 Å². The number of hydrogen-bond donors (Lipinski definition) is 0. The van der Waals surface area contributed by atoms with Crippen molar-refractivity contribution in [3.63, 3.8) is 0 Å². The van der Waals surface area contributed by atoms with E-state index in [9.17, 15) is 0 Å². The van der Waals surface area contributed by atoms with Gasteiger partial charge in [-0.3, -0.25) is 0 Å².